The first-order valence-corrected chi connectivity index (χ1v) is 6.20. The van der Waals surface area contributed by atoms with Gasteiger partial charge in [-0.1, -0.05) is 0 Å². The standard InChI is InChI=1S/C12H20N2O3/c1-12(10(15)16,9-5-6-9)13-11(17)14(2)7-8-3-4-8/h8-9H,3-7H2,1-2H3,(H,13,17)(H,15,16). The number of nitrogens with one attached hydrogen (secondary N) is 1. The van der Waals surface area contributed by atoms with Crippen LogP contribution in [0.15, 0.2) is 0 Å². The van der Waals surface area contributed by atoms with E-state index in [1.807, 2.05) is 0 Å². The van der Waals surface area contributed by atoms with E-state index in [-0.39, 0.29) is 11.9 Å². The number of carbonyl (C=O) groups is 2. The molecule has 0 bridgehead atoms. The van der Waals surface area contributed by atoms with E-state index < -0.39 is 11.5 Å². The second-order valence-corrected chi connectivity index (χ2v) is 5.54. The van der Waals surface area contributed by atoms with Crippen molar-refractivity contribution in [3.63, 3.8) is 0 Å². The molecule has 2 aliphatic carbocycles. The van der Waals surface area contributed by atoms with E-state index in [1.165, 1.54) is 12.8 Å². The van der Waals surface area contributed by atoms with E-state index in [4.69, 9.17) is 0 Å². The second-order valence-electron chi connectivity index (χ2n) is 5.54. The average Bonchev–Trinajstić information content (AvgIpc) is 3.10. The minimum Gasteiger partial charge on any atom is -0.480 e. The van der Waals surface area contributed by atoms with Gasteiger partial charge in [-0.2, -0.15) is 0 Å². The Morgan fingerprint density at radius 1 is 1.35 bits per heavy atom. The molecule has 0 spiro atoms. The molecule has 2 saturated carbocycles. The Labute approximate surface area is 101 Å². The first-order valence-electron chi connectivity index (χ1n) is 6.20. The highest BCUT2D eigenvalue weighted by atomic mass is 16.4. The van der Waals surface area contributed by atoms with E-state index in [2.05, 4.69) is 5.32 Å². The second kappa shape index (κ2) is 4.20. The van der Waals surface area contributed by atoms with Gasteiger partial charge in [0.1, 0.15) is 5.54 Å². The summed E-state index contributed by atoms with van der Waals surface area (Å²) in [5.41, 5.74) is -1.10. The van der Waals surface area contributed by atoms with E-state index in [9.17, 15) is 14.7 Å². The highest BCUT2D eigenvalue weighted by molar-refractivity contribution is 5.86. The minimum atomic E-state index is -1.10. The lowest BCUT2D eigenvalue weighted by Gasteiger charge is -2.29. The number of rotatable bonds is 5. The highest BCUT2D eigenvalue weighted by Gasteiger charge is 2.49. The van der Waals surface area contributed by atoms with Crippen LogP contribution in [-0.2, 0) is 4.79 Å². The van der Waals surface area contributed by atoms with Crippen molar-refractivity contribution >= 4 is 12.0 Å². The van der Waals surface area contributed by atoms with E-state index in [0.717, 1.165) is 19.4 Å². The number of amides is 2. The summed E-state index contributed by atoms with van der Waals surface area (Å²) < 4.78 is 0. The molecule has 96 valence electrons. The van der Waals surface area contributed by atoms with E-state index in [0.29, 0.717) is 5.92 Å². The van der Waals surface area contributed by atoms with E-state index >= 15 is 0 Å². The first-order chi connectivity index (χ1) is 7.93. The zero-order valence-corrected chi connectivity index (χ0v) is 10.4. The molecule has 0 aromatic rings. The van der Waals surface area contributed by atoms with Gasteiger partial charge in [-0.15, -0.1) is 0 Å². The van der Waals surface area contributed by atoms with E-state index in [1.54, 1.807) is 18.9 Å². The Hall–Kier alpha value is -1.26. The summed E-state index contributed by atoms with van der Waals surface area (Å²) in [6.45, 7) is 2.34. The smallest absolute Gasteiger partial charge is 0.329 e. The third-order valence-electron chi connectivity index (χ3n) is 3.78. The van der Waals surface area contributed by atoms with Crippen molar-refractivity contribution in [2.24, 2.45) is 11.8 Å². The molecule has 17 heavy (non-hydrogen) atoms. The number of hydrogen-bond donors (Lipinski definition) is 2. The third-order valence-corrected chi connectivity index (χ3v) is 3.78. The lowest BCUT2D eigenvalue weighted by Crippen LogP contribution is -2.57. The summed E-state index contributed by atoms with van der Waals surface area (Å²) in [7, 11) is 1.73. The van der Waals surface area contributed by atoms with Crippen LogP contribution in [0.3, 0.4) is 0 Å². The normalized spacial score (nSPS) is 22.7. The van der Waals surface area contributed by atoms with Crippen molar-refractivity contribution in [3.8, 4) is 0 Å². The number of hydrogen-bond acceptors (Lipinski definition) is 2. The largest absolute Gasteiger partial charge is 0.480 e. The van der Waals surface area contributed by atoms with Crippen molar-refractivity contribution in [3.05, 3.63) is 0 Å². The number of carboxylic acids is 1. The molecule has 0 heterocycles. The fourth-order valence-electron chi connectivity index (χ4n) is 2.08. The average molecular weight is 240 g/mol. The molecule has 0 radical (unpaired) electrons. The molecule has 0 aromatic carbocycles. The topological polar surface area (TPSA) is 69.6 Å². The summed E-state index contributed by atoms with van der Waals surface area (Å²) >= 11 is 0. The molecule has 0 saturated heterocycles. The predicted octanol–water partition coefficient (Wildman–Crippen LogP) is 1.29. The molecular weight excluding hydrogens is 220 g/mol. The van der Waals surface area contributed by atoms with Crippen LogP contribution in [0.4, 0.5) is 4.79 Å². The maximum atomic E-state index is 11.9. The molecule has 2 N–H and O–H groups in total. The maximum Gasteiger partial charge on any atom is 0.329 e. The number of aliphatic carboxylic acids is 1. The fourth-order valence-corrected chi connectivity index (χ4v) is 2.08. The van der Waals surface area contributed by atoms with Crippen LogP contribution in [0.5, 0.6) is 0 Å². The van der Waals surface area contributed by atoms with Crippen molar-refractivity contribution in [2.75, 3.05) is 13.6 Å². The SMILES string of the molecule is CN(CC1CC1)C(=O)NC(C)(C(=O)O)C1CC1. The predicted molar refractivity (Wildman–Crippen MR) is 62.7 cm³/mol. The molecule has 0 aromatic heterocycles. The number of carboxylic acid groups (broad SMARTS) is 1. The Kier molecular flexibility index (Phi) is 3.02. The summed E-state index contributed by atoms with van der Waals surface area (Å²) in [6.07, 6.45) is 4.12. The number of carbonyl (C=O) groups excluding carboxylic acids is 1. The molecule has 5 nitrogen and oxygen atoms in total. The Morgan fingerprint density at radius 2 is 1.94 bits per heavy atom. The molecule has 2 fully saturated rings. The summed E-state index contributed by atoms with van der Waals surface area (Å²) in [5.74, 6) is -0.241. The van der Waals surface area contributed by atoms with Crippen molar-refractivity contribution in [2.45, 2.75) is 38.1 Å². The number of nitrogens with zero attached hydrogens (tertiary/aromatic N) is 1. The van der Waals surface area contributed by atoms with Gasteiger partial charge in [0.05, 0.1) is 0 Å². The number of urea groups is 1. The van der Waals surface area contributed by atoms with Crippen molar-refractivity contribution in [1.82, 2.24) is 10.2 Å². The molecule has 0 aliphatic heterocycles. The fraction of sp³-hybridized carbons (Fsp3) is 0.833. The lowest BCUT2D eigenvalue weighted by atomic mass is 9.96. The maximum absolute atomic E-state index is 11.9. The Morgan fingerprint density at radius 3 is 2.35 bits per heavy atom. The molecular formula is C12H20N2O3. The van der Waals surface area contributed by atoms with Gasteiger partial charge < -0.3 is 15.3 Å². The van der Waals surface area contributed by atoms with Gasteiger partial charge in [-0.3, -0.25) is 0 Å². The monoisotopic (exact) mass is 240 g/mol. The minimum absolute atomic E-state index is 0.0817. The Balaban J connectivity index is 1.92. The van der Waals surface area contributed by atoms with Crippen LogP contribution in [0.25, 0.3) is 0 Å². The molecule has 1 atom stereocenters. The third kappa shape index (κ3) is 2.70. The van der Waals surface area contributed by atoms with Crippen LogP contribution in [0.1, 0.15) is 32.6 Å². The van der Waals surface area contributed by atoms with Crippen LogP contribution in [0, 0.1) is 11.8 Å². The molecule has 5 heteroatoms. The highest BCUT2D eigenvalue weighted by Crippen LogP contribution is 2.39. The van der Waals surface area contributed by atoms with Gasteiger partial charge in [0.15, 0.2) is 0 Å². The molecule has 2 rings (SSSR count). The summed E-state index contributed by atoms with van der Waals surface area (Å²) in [5, 5.41) is 11.9. The zero-order chi connectivity index (χ0) is 12.6. The molecule has 2 amide bonds. The first kappa shape index (κ1) is 12.2. The van der Waals surface area contributed by atoms with Gasteiger partial charge in [0.2, 0.25) is 0 Å². The van der Waals surface area contributed by atoms with Gasteiger partial charge in [-0.05, 0) is 44.4 Å². The van der Waals surface area contributed by atoms with Crippen LogP contribution >= 0.6 is 0 Å². The molecule has 2 aliphatic rings. The van der Waals surface area contributed by atoms with Crippen LogP contribution in [-0.4, -0.2) is 41.1 Å². The van der Waals surface area contributed by atoms with Crippen molar-refractivity contribution < 1.29 is 14.7 Å². The summed E-state index contributed by atoms with van der Waals surface area (Å²) in [4.78, 5) is 24.8. The van der Waals surface area contributed by atoms with Crippen LogP contribution < -0.4 is 5.32 Å². The van der Waals surface area contributed by atoms with Crippen LogP contribution in [0.2, 0.25) is 0 Å². The lowest BCUT2D eigenvalue weighted by molar-refractivity contribution is -0.144. The van der Waals surface area contributed by atoms with Gasteiger partial charge in [0.25, 0.3) is 0 Å². The van der Waals surface area contributed by atoms with Gasteiger partial charge in [-0.25, -0.2) is 9.59 Å². The van der Waals surface area contributed by atoms with Gasteiger partial charge in [0, 0.05) is 13.6 Å². The summed E-state index contributed by atoms with van der Waals surface area (Å²) in [6, 6.07) is -0.270. The quantitative estimate of drug-likeness (QED) is 0.760. The zero-order valence-electron chi connectivity index (χ0n) is 10.4. The Bertz CT molecular complexity index is 337. The van der Waals surface area contributed by atoms with Gasteiger partial charge >= 0.3 is 12.0 Å². The molecule has 1 unspecified atom stereocenters. The van der Waals surface area contributed by atoms with Crippen molar-refractivity contribution in [1.29, 1.82) is 0 Å².